The van der Waals surface area contributed by atoms with Gasteiger partial charge in [0.15, 0.2) is 0 Å². The standard InChI is InChI=1S/C13H21N3O3S/c1-19-13-7-3-5-11(9-13)15-10-4-2-6-12(8-10)16-20(14,17)18/h2,4,6,8,11,13,15-16H,3,5,7,9H2,1H3,(H2,14,17,18). The van der Waals surface area contributed by atoms with Gasteiger partial charge in [0.2, 0.25) is 0 Å². The van der Waals surface area contributed by atoms with Gasteiger partial charge >= 0.3 is 0 Å². The van der Waals surface area contributed by atoms with Gasteiger partial charge in [0.25, 0.3) is 10.2 Å². The molecule has 1 aromatic carbocycles. The largest absolute Gasteiger partial charge is 0.382 e. The number of nitrogens with one attached hydrogen (secondary N) is 2. The van der Waals surface area contributed by atoms with Crippen LogP contribution in [0.3, 0.4) is 0 Å². The summed E-state index contributed by atoms with van der Waals surface area (Å²) >= 11 is 0. The van der Waals surface area contributed by atoms with Crippen molar-refractivity contribution in [1.82, 2.24) is 0 Å². The molecule has 4 N–H and O–H groups in total. The first kappa shape index (κ1) is 15.1. The molecule has 20 heavy (non-hydrogen) atoms. The SMILES string of the molecule is COC1CCCC(Nc2cccc(NS(N)(=O)=O)c2)C1. The molecule has 0 spiro atoms. The molecule has 1 aliphatic carbocycles. The molecule has 0 aliphatic heterocycles. The van der Waals surface area contributed by atoms with E-state index in [0.717, 1.165) is 31.4 Å². The normalized spacial score (nSPS) is 23.3. The van der Waals surface area contributed by atoms with Gasteiger partial charge < -0.3 is 10.1 Å². The Hall–Kier alpha value is -1.31. The Morgan fingerprint density at radius 2 is 2.05 bits per heavy atom. The van der Waals surface area contributed by atoms with Crippen molar-refractivity contribution in [2.24, 2.45) is 5.14 Å². The molecule has 1 aliphatic rings. The summed E-state index contributed by atoms with van der Waals surface area (Å²) in [6.07, 6.45) is 4.58. The second kappa shape index (κ2) is 6.43. The third-order valence-electron chi connectivity index (χ3n) is 3.45. The number of methoxy groups -OCH3 is 1. The van der Waals surface area contributed by atoms with Crippen molar-refractivity contribution in [2.75, 3.05) is 17.1 Å². The summed E-state index contributed by atoms with van der Waals surface area (Å²) in [5.74, 6) is 0. The van der Waals surface area contributed by atoms with E-state index in [9.17, 15) is 8.42 Å². The first-order valence-corrected chi connectivity index (χ1v) is 8.21. The zero-order valence-electron chi connectivity index (χ0n) is 11.5. The van der Waals surface area contributed by atoms with Crippen LogP contribution in [0.5, 0.6) is 0 Å². The van der Waals surface area contributed by atoms with E-state index in [1.54, 1.807) is 25.3 Å². The second-order valence-corrected chi connectivity index (χ2v) is 6.39. The van der Waals surface area contributed by atoms with Crippen molar-refractivity contribution in [2.45, 2.75) is 37.8 Å². The summed E-state index contributed by atoms with van der Waals surface area (Å²) in [4.78, 5) is 0. The summed E-state index contributed by atoms with van der Waals surface area (Å²) in [6, 6.07) is 7.44. The summed E-state index contributed by atoms with van der Waals surface area (Å²) in [5.41, 5.74) is 1.33. The fourth-order valence-electron chi connectivity index (χ4n) is 2.56. The van der Waals surface area contributed by atoms with Gasteiger partial charge in [-0.2, -0.15) is 8.42 Å². The molecule has 6 nitrogen and oxygen atoms in total. The lowest BCUT2D eigenvalue weighted by atomic mass is 9.92. The maximum Gasteiger partial charge on any atom is 0.296 e. The lowest BCUT2D eigenvalue weighted by Gasteiger charge is -2.29. The number of hydrogen-bond donors (Lipinski definition) is 3. The van der Waals surface area contributed by atoms with Gasteiger partial charge in [-0.15, -0.1) is 0 Å². The van der Waals surface area contributed by atoms with Gasteiger partial charge in [-0.05, 0) is 43.9 Å². The minimum absolute atomic E-state index is 0.298. The van der Waals surface area contributed by atoms with E-state index in [1.807, 2.05) is 6.07 Å². The highest BCUT2D eigenvalue weighted by molar-refractivity contribution is 7.90. The number of ether oxygens (including phenoxy) is 1. The fraction of sp³-hybridized carbons (Fsp3) is 0.538. The molecular formula is C13H21N3O3S. The molecule has 0 radical (unpaired) electrons. The average Bonchev–Trinajstić information content (AvgIpc) is 2.37. The van der Waals surface area contributed by atoms with Gasteiger partial charge in [0, 0.05) is 18.8 Å². The maximum atomic E-state index is 11.0. The smallest absolute Gasteiger partial charge is 0.296 e. The average molecular weight is 299 g/mol. The van der Waals surface area contributed by atoms with E-state index in [-0.39, 0.29) is 0 Å². The Bertz CT molecular complexity index is 548. The summed E-state index contributed by atoms with van der Waals surface area (Å²) in [7, 11) is -2.00. The summed E-state index contributed by atoms with van der Waals surface area (Å²) in [6.45, 7) is 0. The van der Waals surface area contributed by atoms with E-state index >= 15 is 0 Å². The molecule has 1 saturated carbocycles. The lowest BCUT2D eigenvalue weighted by Crippen LogP contribution is -2.31. The highest BCUT2D eigenvalue weighted by atomic mass is 32.2. The van der Waals surface area contributed by atoms with Crippen molar-refractivity contribution >= 4 is 21.6 Å². The predicted octanol–water partition coefficient (Wildman–Crippen LogP) is 1.67. The Morgan fingerprint density at radius 1 is 1.30 bits per heavy atom. The Morgan fingerprint density at radius 3 is 2.75 bits per heavy atom. The molecular weight excluding hydrogens is 278 g/mol. The predicted molar refractivity (Wildman–Crippen MR) is 79.8 cm³/mol. The number of anilines is 2. The second-order valence-electron chi connectivity index (χ2n) is 5.09. The van der Waals surface area contributed by atoms with Crippen molar-refractivity contribution in [1.29, 1.82) is 0 Å². The number of rotatable bonds is 5. The van der Waals surface area contributed by atoms with E-state index in [4.69, 9.17) is 9.88 Å². The Kier molecular flexibility index (Phi) is 4.85. The highest BCUT2D eigenvalue weighted by Gasteiger charge is 2.21. The molecule has 0 bridgehead atoms. The van der Waals surface area contributed by atoms with Gasteiger partial charge in [-0.1, -0.05) is 6.07 Å². The third kappa shape index (κ3) is 4.66. The maximum absolute atomic E-state index is 11.0. The summed E-state index contributed by atoms with van der Waals surface area (Å²) < 4.78 is 29.7. The lowest BCUT2D eigenvalue weighted by molar-refractivity contribution is 0.0669. The van der Waals surface area contributed by atoms with Crippen LogP contribution < -0.4 is 15.2 Å². The van der Waals surface area contributed by atoms with E-state index in [1.165, 1.54) is 0 Å². The number of hydrogen-bond acceptors (Lipinski definition) is 4. The van der Waals surface area contributed by atoms with Crippen molar-refractivity contribution in [3.63, 3.8) is 0 Å². The Balaban J connectivity index is 2.00. The molecule has 0 aromatic heterocycles. The van der Waals surface area contributed by atoms with Crippen LogP contribution in [0.25, 0.3) is 0 Å². The zero-order valence-corrected chi connectivity index (χ0v) is 12.3. The zero-order chi connectivity index (χ0) is 14.6. The van der Waals surface area contributed by atoms with E-state index in [0.29, 0.717) is 17.8 Å². The first-order chi connectivity index (χ1) is 9.46. The van der Waals surface area contributed by atoms with Crippen molar-refractivity contribution in [3.05, 3.63) is 24.3 Å². The van der Waals surface area contributed by atoms with Crippen LogP contribution in [0.15, 0.2) is 24.3 Å². The van der Waals surface area contributed by atoms with Crippen LogP contribution in [0.4, 0.5) is 11.4 Å². The van der Waals surface area contributed by atoms with Crippen LogP contribution in [-0.4, -0.2) is 27.7 Å². The molecule has 1 fully saturated rings. The van der Waals surface area contributed by atoms with Crippen LogP contribution in [0, 0.1) is 0 Å². The van der Waals surface area contributed by atoms with Gasteiger partial charge in [-0.25, -0.2) is 5.14 Å². The molecule has 0 amide bonds. The molecule has 112 valence electrons. The molecule has 0 saturated heterocycles. The highest BCUT2D eigenvalue weighted by Crippen LogP contribution is 2.25. The number of benzene rings is 1. The topological polar surface area (TPSA) is 93.4 Å². The van der Waals surface area contributed by atoms with Crippen molar-refractivity contribution < 1.29 is 13.2 Å². The van der Waals surface area contributed by atoms with E-state index < -0.39 is 10.2 Å². The summed E-state index contributed by atoms with van der Waals surface area (Å²) in [5, 5.41) is 8.38. The fourth-order valence-corrected chi connectivity index (χ4v) is 3.02. The number of nitrogens with two attached hydrogens (primary N) is 1. The quantitative estimate of drug-likeness (QED) is 0.771. The van der Waals surface area contributed by atoms with E-state index in [2.05, 4.69) is 10.0 Å². The first-order valence-electron chi connectivity index (χ1n) is 6.66. The third-order valence-corrected chi connectivity index (χ3v) is 3.97. The van der Waals surface area contributed by atoms with Gasteiger partial charge in [0.1, 0.15) is 0 Å². The van der Waals surface area contributed by atoms with Crippen LogP contribution >= 0.6 is 0 Å². The van der Waals surface area contributed by atoms with Crippen LogP contribution in [0.1, 0.15) is 25.7 Å². The molecule has 7 heteroatoms. The molecule has 2 rings (SSSR count). The van der Waals surface area contributed by atoms with Gasteiger partial charge in [0.05, 0.1) is 11.8 Å². The monoisotopic (exact) mass is 299 g/mol. The molecule has 2 unspecified atom stereocenters. The Labute approximate surface area is 119 Å². The minimum Gasteiger partial charge on any atom is -0.382 e. The van der Waals surface area contributed by atoms with Crippen LogP contribution in [-0.2, 0) is 14.9 Å². The molecule has 2 atom stereocenters. The molecule has 1 aromatic rings. The minimum atomic E-state index is -3.74. The van der Waals surface area contributed by atoms with Gasteiger partial charge in [-0.3, -0.25) is 4.72 Å². The van der Waals surface area contributed by atoms with Crippen LogP contribution in [0.2, 0.25) is 0 Å². The molecule has 0 heterocycles. The van der Waals surface area contributed by atoms with Crippen molar-refractivity contribution in [3.8, 4) is 0 Å².